The molecule has 1 fully saturated rings. The minimum absolute atomic E-state index is 0.0682. The van der Waals surface area contributed by atoms with Gasteiger partial charge in [0.05, 0.1) is 6.10 Å². The lowest BCUT2D eigenvalue weighted by Gasteiger charge is -2.17. The minimum atomic E-state index is -0.355. The number of aliphatic hydroxyl groups excluding tert-OH is 1. The maximum Gasteiger partial charge on any atom is 0.124 e. The van der Waals surface area contributed by atoms with Crippen LogP contribution in [-0.4, -0.2) is 11.2 Å². The van der Waals surface area contributed by atoms with Gasteiger partial charge in [0, 0.05) is 4.47 Å². The normalized spacial score (nSPS) is 20.0. The molecular weight excluding hydrogens is 259 g/mol. The van der Waals surface area contributed by atoms with Crippen molar-refractivity contribution in [1.29, 1.82) is 0 Å². The van der Waals surface area contributed by atoms with Crippen LogP contribution in [0.3, 0.4) is 0 Å². The maximum atomic E-state index is 13.1. The first-order chi connectivity index (χ1) is 6.99. The fraction of sp³-hybridized carbons (Fsp3) is 0.500. The summed E-state index contributed by atoms with van der Waals surface area (Å²) in [5, 5.41) is 9.95. The third kappa shape index (κ3) is 2.58. The second-order valence-corrected chi connectivity index (χ2v) is 5.57. The van der Waals surface area contributed by atoms with Crippen molar-refractivity contribution in [2.75, 3.05) is 0 Å². The molecule has 1 atom stereocenters. The third-order valence-electron chi connectivity index (χ3n) is 3.19. The number of rotatable bonds is 3. The fourth-order valence-corrected chi connectivity index (χ4v) is 2.24. The molecule has 1 aromatic carbocycles. The van der Waals surface area contributed by atoms with Gasteiger partial charge in [-0.2, -0.15) is 0 Å². The summed E-state index contributed by atoms with van der Waals surface area (Å²) in [6.45, 7) is 2.08. The van der Waals surface area contributed by atoms with Gasteiger partial charge in [-0.1, -0.05) is 22.9 Å². The summed E-state index contributed by atoms with van der Waals surface area (Å²) in [4.78, 5) is 0. The van der Waals surface area contributed by atoms with Gasteiger partial charge in [0.1, 0.15) is 5.82 Å². The average Bonchev–Trinajstić information content (AvgIpc) is 2.83. The summed E-state index contributed by atoms with van der Waals surface area (Å²) in [6, 6.07) is 4.77. The van der Waals surface area contributed by atoms with Crippen LogP contribution in [0.15, 0.2) is 22.7 Å². The molecule has 0 bridgehead atoms. The van der Waals surface area contributed by atoms with Crippen molar-refractivity contribution in [1.82, 2.24) is 0 Å². The van der Waals surface area contributed by atoms with E-state index < -0.39 is 0 Å². The molecule has 0 heterocycles. The SMILES string of the molecule is CC1(C(O)Cc2cc(F)cc(Br)c2)CC1. The molecule has 1 N–H and O–H groups in total. The van der Waals surface area contributed by atoms with E-state index in [4.69, 9.17) is 0 Å². The Balaban J connectivity index is 2.10. The Morgan fingerprint density at radius 1 is 1.47 bits per heavy atom. The van der Waals surface area contributed by atoms with E-state index in [0.29, 0.717) is 6.42 Å². The van der Waals surface area contributed by atoms with Crippen molar-refractivity contribution in [2.24, 2.45) is 5.41 Å². The van der Waals surface area contributed by atoms with Crippen LogP contribution >= 0.6 is 15.9 Å². The Kier molecular flexibility index (Phi) is 2.86. The Morgan fingerprint density at radius 3 is 2.67 bits per heavy atom. The second-order valence-electron chi connectivity index (χ2n) is 4.65. The predicted octanol–water partition coefficient (Wildman–Crippen LogP) is 3.29. The van der Waals surface area contributed by atoms with Crippen molar-refractivity contribution in [3.63, 3.8) is 0 Å². The quantitative estimate of drug-likeness (QED) is 0.896. The summed E-state index contributed by atoms with van der Waals surface area (Å²) in [7, 11) is 0. The summed E-state index contributed by atoms with van der Waals surface area (Å²) >= 11 is 3.25. The molecule has 15 heavy (non-hydrogen) atoms. The van der Waals surface area contributed by atoms with Crippen molar-refractivity contribution >= 4 is 15.9 Å². The zero-order valence-corrected chi connectivity index (χ0v) is 10.2. The van der Waals surface area contributed by atoms with E-state index in [1.807, 2.05) is 6.07 Å². The van der Waals surface area contributed by atoms with Gasteiger partial charge in [-0.05, 0) is 48.4 Å². The molecule has 1 aromatic rings. The summed E-state index contributed by atoms with van der Waals surface area (Å²) in [6.07, 6.45) is 2.33. The molecule has 3 heteroatoms. The van der Waals surface area contributed by atoms with Gasteiger partial charge < -0.3 is 5.11 Å². The van der Waals surface area contributed by atoms with E-state index in [1.54, 1.807) is 0 Å². The van der Waals surface area contributed by atoms with E-state index in [0.717, 1.165) is 22.9 Å². The van der Waals surface area contributed by atoms with Crippen LogP contribution in [0.1, 0.15) is 25.3 Å². The maximum absolute atomic E-state index is 13.1. The lowest BCUT2D eigenvalue weighted by atomic mass is 9.95. The lowest BCUT2D eigenvalue weighted by Crippen LogP contribution is -2.21. The van der Waals surface area contributed by atoms with Gasteiger partial charge in [-0.25, -0.2) is 4.39 Å². The fourth-order valence-electron chi connectivity index (χ4n) is 1.73. The molecule has 1 aliphatic carbocycles. The molecule has 0 spiro atoms. The van der Waals surface area contributed by atoms with Crippen molar-refractivity contribution < 1.29 is 9.50 Å². The zero-order chi connectivity index (χ0) is 11.1. The summed E-state index contributed by atoms with van der Waals surface area (Å²) in [5.41, 5.74) is 0.918. The summed E-state index contributed by atoms with van der Waals surface area (Å²) in [5.74, 6) is -0.257. The third-order valence-corrected chi connectivity index (χ3v) is 3.65. The second kappa shape index (κ2) is 3.87. The first-order valence-electron chi connectivity index (χ1n) is 5.13. The van der Waals surface area contributed by atoms with E-state index in [1.165, 1.54) is 12.1 Å². The molecule has 1 unspecified atom stereocenters. The average molecular weight is 273 g/mol. The van der Waals surface area contributed by atoms with Crippen molar-refractivity contribution in [2.45, 2.75) is 32.3 Å². The number of aliphatic hydroxyl groups is 1. The predicted molar refractivity (Wildman–Crippen MR) is 61.2 cm³/mol. The lowest BCUT2D eigenvalue weighted by molar-refractivity contribution is 0.103. The number of hydrogen-bond acceptors (Lipinski definition) is 1. The van der Waals surface area contributed by atoms with Gasteiger partial charge >= 0.3 is 0 Å². The van der Waals surface area contributed by atoms with Gasteiger partial charge in [-0.3, -0.25) is 0 Å². The highest BCUT2D eigenvalue weighted by Crippen LogP contribution is 2.48. The molecular formula is C12H14BrFO. The van der Waals surface area contributed by atoms with Crippen LogP contribution in [0, 0.1) is 11.2 Å². The van der Waals surface area contributed by atoms with Gasteiger partial charge in [0.15, 0.2) is 0 Å². The molecule has 1 aliphatic rings. The van der Waals surface area contributed by atoms with Crippen LogP contribution in [0.2, 0.25) is 0 Å². The molecule has 82 valence electrons. The highest BCUT2D eigenvalue weighted by Gasteiger charge is 2.43. The Morgan fingerprint density at radius 2 is 2.13 bits per heavy atom. The Labute approximate surface area is 97.4 Å². The standard InChI is InChI=1S/C12H14BrFO/c1-12(2-3-12)11(15)6-8-4-9(13)7-10(14)5-8/h4-5,7,11,15H,2-3,6H2,1H3. The van der Waals surface area contributed by atoms with Crippen LogP contribution in [0.4, 0.5) is 4.39 Å². The first-order valence-corrected chi connectivity index (χ1v) is 5.92. The molecule has 0 aromatic heterocycles. The largest absolute Gasteiger partial charge is 0.392 e. The van der Waals surface area contributed by atoms with Gasteiger partial charge in [0.25, 0.3) is 0 Å². The van der Waals surface area contributed by atoms with Crippen LogP contribution < -0.4 is 0 Å². The van der Waals surface area contributed by atoms with Crippen LogP contribution in [-0.2, 0) is 6.42 Å². The highest BCUT2D eigenvalue weighted by molar-refractivity contribution is 9.10. The number of benzene rings is 1. The van der Waals surface area contributed by atoms with Crippen LogP contribution in [0.5, 0.6) is 0 Å². The number of halogens is 2. The van der Waals surface area contributed by atoms with Crippen molar-refractivity contribution in [3.05, 3.63) is 34.1 Å². The smallest absolute Gasteiger partial charge is 0.124 e. The highest BCUT2D eigenvalue weighted by atomic mass is 79.9. The molecule has 1 nitrogen and oxygen atoms in total. The van der Waals surface area contributed by atoms with E-state index in [2.05, 4.69) is 22.9 Å². The van der Waals surface area contributed by atoms with Crippen LogP contribution in [0.25, 0.3) is 0 Å². The van der Waals surface area contributed by atoms with E-state index >= 15 is 0 Å². The van der Waals surface area contributed by atoms with Gasteiger partial charge in [0.2, 0.25) is 0 Å². The minimum Gasteiger partial charge on any atom is -0.392 e. The monoisotopic (exact) mass is 272 g/mol. The molecule has 0 radical (unpaired) electrons. The van der Waals surface area contributed by atoms with E-state index in [-0.39, 0.29) is 17.3 Å². The van der Waals surface area contributed by atoms with E-state index in [9.17, 15) is 9.50 Å². The topological polar surface area (TPSA) is 20.2 Å². The first kappa shape index (κ1) is 11.1. The van der Waals surface area contributed by atoms with Crippen molar-refractivity contribution in [3.8, 4) is 0 Å². The molecule has 0 aliphatic heterocycles. The Bertz CT molecular complexity index is 354. The zero-order valence-electron chi connectivity index (χ0n) is 8.63. The van der Waals surface area contributed by atoms with Gasteiger partial charge in [-0.15, -0.1) is 0 Å². The molecule has 1 saturated carbocycles. The molecule has 2 rings (SSSR count). The Hall–Kier alpha value is -0.410. The summed E-state index contributed by atoms with van der Waals surface area (Å²) < 4.78 is 13.8. The molecule has 0 saturated heterocycles. The number of hydrogen-bond donors (Lipinski definition) is 1. The molecule has 0 amide bonds.